The van der Waals surface area contributed by atoms with Crippen molar-refractivity contribution in [3.05, 3.63) is 101 Å². The number of nitrogens with one attached hydrogen (secondary N) is 1. The van der Waals surface area contributed by atoms with Crippen molar-refractivity contribution in [2.75, 3.05) is 17.1 Å². The number of hydrogen-bond acceptors (Lipinski definition) is 4. The molecular weight excluding hydrogens is 584 g/mol. The molecule has 0 bridgehead atoms. The van der Waals surface area contributed by atoms with Crippen LogP contribution in [0.4, 0.5) is 14.5 Å². The summed E-state index contributed by atoms with van der Waals surface area (Å²) < 4.78 is 53.3. The van der Waals surface area contributed by atoms with Gasteiger partial charge in [-0.3, -0.25) is 13.9 Å². The van der Waals surface area contributed by atoms with Crippen LogP contribution in [-0.2, 0) is 32.6 Å². The molecule has 0 spiro atoms. The van der Waals surface area contributed by atoms with Crippen LogP contribution in [0.1, 0.15) is 44.2 Å². The van der Waals surface area contributed by atoms with Gasteiger partial charge in [-0.05, 0) is 49.1 Å². The molecule has 0 saturated carbocycles. The minimum Gasteiger partial charge on any atom is -0.352 e. The molecule has 2 amide bonds. The van der Waals surface area contributed by atoms with Gasteiger partial charge in [-0.15, -0.1) is 0 Å². The molecule has 0 unspecified atom stereocenters. The molecule has 2 atom stereocenters. The fraction of sp³-hybridized carbons (Fsp3) is 0.355. The predicted octanol–water partition coefficient (Wildman–Crippen LogP) is 5.72. The van der Waals surface area contributed by atoms with Crippen LogP contribution in [0.3, 0.4) is 0 Å². The van der Waals surface area contributed by atoms with Crippen LogP contribution in [0.25, 0.3) is 0 Å². The van der Waals surface area contributed by atoms with Gasteiger partial charge in [0.25, 0.3) is 0 Å². The Balaban J connectivity index is 1.91. The fourth-order valence-electron chi connectivity index (χ4n) is 4.45. The van der Waals surface area contributed by atoms with Gasteiger partial charge in [0.2, 0.25) is 21.8 Å². The second kappa shape index (κ2) is 15.1. The maximum Gasteiger partial charge on any atom is 0.243 e. The van der Waals surface area contributed by atoms with E-state index in [0.717, 1.165) is 28.3 Å². The van der Waals surface area contributed by atoms with Crippen LogP contribution < -0.4 is 9.62 Å². The average Bonchev–Trinajstić information content (AvgIpc) is 2.95. The van der Waals surface area contributed by atoms with Crippen molar-refractivity contribution < 1.29 is 26.8 Å². The zero-order valence-corrected chi connectivity index (χ0v) is 25.5. The fourth-order valence-corrected chi connectivity index (χ4v) is 5.60. The molecule has 42 heavy (non-hydrogen) atoms. The van der Waals surface area contributed by atoms with E-state index in [1.54, 1.807) is 24.3 Å². The van der Waals surface area contributed by atoms with E-state index in [4.69, 9.17) is 11.6 Å². The van der Waals surface area contributed by atoms with Crippen LogP contribution in [0.15, 0.2) is 72.8 Å². The first-order valence-electron chi connectivity index (χ1n) is 13.7. The standard InChI is InChI=1S/C31H36ClF2N3O4S/c1-4-22(2)35-31(39)29(19-23-11-6-5-7-12-23)36(21-24-13-8-9-14-26(24)32)30(38)15-10-18-37(42(3,40)41)25-16-17-27(33)28(34)20-25/h5-9,11-14,16-17,20,22,29H,4,10,15,18-19,21H2,1-3H3,(H,35,39)/t22-,29+/m0/s1. The molecule has 0 fully saturated rings. The number of carbonyl (C=O) groups excluding carboxylic acids is 2. The lowest BCUT2D eigenvalue weighted by Gasteiger charge is -2.33. The van der Waals surface area contributed by atoms with E-state index in [1.807, 2.05) is 44.2 Å². The maximum absolute atomic E-state index is 13.9. The Bertz CT molecular complexity index is 1470. The summed E-state index contributed by atoms with van der Waals surface area (Å²) in [4.78, 5) is 28.9. The number of halogens is 3. The molecule has 3 rings (SSSR count). The lowest BCUT2D eigenvalue weighted by atomic mass is 10.0. The van der Waals surface area contributed by atoms with E-state index in [-0.39, 0.29) is 55.9 Å². The lowest BCUT2D eigenvalue weighted by Crippen LogP contribution is -2.52. The highest BCUT2D eigenvalue weighted by atomic mass is 35.5. The third-order valence-corrected chi connectivity index (χ3v) is 8.48. The van der Waals surface area contributed by atoms with E-state index in [9.17, 15) is 26.8 Å². The second-order valence-electron chi connectivity index (χ2n) is 10.2. The van der Waals surface area contributed by atoms with E-state index in [1.165, 1.54) is 11.0 Å². The summed E-state index contributed by atoms with van der Waals surface area (Å²) in [6.45, 7) is 3.74. The van der Waals surface area contributed by atoms with Crippen molar-refractivity contribution in [1.29, 1.82) is 0 Å². The van der Waals surface area contributed by atoms with E-state index in [2.05, 4.69) is 5.32 Å². The first-order valence-corrected chi connectivity index (χ1v) is 15.9. The van der Waals surface area contributed by atoms with Gasteiger partial charge in [0.15, 0.2) is 11.6 Å². The number of carbonyl (C=O) groups is 2. The Kier molecular flexibility index (Phi) is 11.9. The van der Waals surface area contributed by atoms with E-state index < -0.39 is 27.7 Å². The summed E-state index contributed by atoms with van der Waals surface area (Å²) >= 11 is 6.44. The maximum atomic E-state index is 13.9. The highest BCUT2D eigenvalue weighted by Crippen LogP contribution is 2.24. The Morgan fingerprint density at radius 2 is 1.64 bits per heavy atom. The summed E-state index contributed by atoms with van der Waals surface area (Å²) in [5.41, 5.74) is 1.47. The number of nitrogens with zero attached hydrogens (tertiary/aromatic N) is 2. The molecule has 7 nitrogen and oxygen atoms in total. The molecule has 0 aliphatic carbocycles. The summed E-state index contributed by atoms with van der Waals surface area (Å²) in [6.07, 6.45) is 1.86. The number of rotatable bonds is 14. The summed E-state index contributed by atoms with van der Waals surface area (Å²) in [6, 6.07) is 18.2. The first kappa shape index (κ1) is 33.0. The molecule has 0 aliphatic rings. The van der Waals surface area contributed by atoms with E-state index >= 15 is 0 Å². The Hall–Kier alpha value is -3.50. The second-order valence-corrected chi connectivity index (χ2v) is 12.5. The molecule has 11 heteroatoms. The SMILES string of the molecule is CC[C@H](C)NC(=O)[C@@H](Cc1ccccc1)N(Cc1ccccc1Cl)C(=O)CCCN(c1ccc(F)c(F)c1)S(C)(=O)=O. The highest BCUT2D eigenvalue weighted by molar-refractivity contribution is 7.92. The van der Waals surface area contributed by atoms with Crippen molar-refractivity contribution in [1.82, 2.24) is 10.2 Å². The molecule has 0 aliphatic heterocycles. The van der Waals surface area contributed by atoms with Crippen LogP contribution in [0, 0.1) is 11.6 Å². The molecule has 0 aromatic heterocycles. The minimum absolute atomic E-state index is 0.0494. The van der Waals surface area contributed by atoms with Gasteiger partial charge < -0.3 is 10.2 Å². The third-order valence-electron chi connectivity index (χ3n) is 6.91. The molecule has 3 aromatic rings. The average molecular weight is 620 g/mol. The molecule has 0 heterocycles. The summed E-state index contributed by atoms with van der Waals surface area (Å²) in [5.74, 6) is -2.97. The predicted molar refractivity (Wildman–Crippen MR) is 162 cm³/mol. The normalized spacial score (nSPS) is 12.8. The Labute approximate surface area is 251 Å². The molecule has 226 valence electrons. The summed E-state index contributed by atoms with van der Waals surface area (Å²) in [5, 5.41) is 3.43. The molecule has 0 saturated heterocycles. The molecule has 1 N–H and O–H groups in total. The quantitative estimate of drug-likeness (QED) is 0.250. The van der Waals surface area contributed by atoms with Crippen molar-refractivity contribution in [3.8, 4) is 0 Å². The summed E-state index contributed by atoms with van der Waals surface area (Å²) in [7, 11) is -3.87. The number of sulfonamides is 1. The Morgan fingerprint density at radius 1 is 0.976 bits per heavy atom. The van der Waals surface area contributed by atoms with Crippen LogP contribution in [-0.4, -0.2) is 50.0 Å². The van der Waals surface area contributed by atoms with Crippen molar-refractivity contribution >= 4 is 39.1 Å². The van der Waals surface area contributed by atoms with Gasteiger partial charge in [-0.2, -0.15) is 0 Å². The van der Waals surface area contributed by atoms with Crippen molar-refractivity contribution in [3.63, 3.8) is 0 Å². The molecule has 3 aromatic carbocycles. The number of hydrogen-bond donors (Lipinski definition) is 1. The zero-order valence-electron chi connectivity index (χ0n) is 23.9. The third kappa shape index (κ3) is 9.25. The van der Waals surface area contributed by atoms with Gasteiger partial charge in [-0.1, -0.05) is 67.1 Å². The van der Waals surface area contributed by atoms with Gasteiger partial charge in [-0.25, -0.2) is 17.2 Å². The number of anilines is 1. The van der Waals surface area contributed by atoms with Gasteiger partial charge in [0, 0.05) is 43.1 Å². The topological polar surface area (TPSA) is 86.8 Å². The van der Waals surface area contributed by atoms with Gasteiger partial charge >= 0.3 is 0 Å². The van der Waals surface area contributed by atoms with E-state index in [0.29, 0.717) is 17.0 Å². The highest BCUT2D eigenvalue weighted by Gasteiger charge is 2.31. The van der Waals surface area contributed by atoms with Crippen LogP contribution in [0.2, 0.25) is 5.02 Å². The molecular formula is C31H36ClF2N3O4S. The Morgan fingerprint density at radius 3 is 2.26 bits per heavy atom. The number of amides is 2. The smallest absolute Gasteiger partial charge is 0.243 e. The van der Waals surface area contributed by atoms with Crippen LogP contribution >= 0.6 is 11.6 Å². The minimum atomic E-state index is -3.87. The van der Waals surface area contributed by atoms with Gasteiger partial charge in [0.1, 0.15) is 6.04 Å². The monoisotopic (exact) mass is 619 g/mol. The largest absolute Gasteiger partial charge is 0.352 e. The van der Waals surface area contributed by atoms with Crippen molar-refractivity contribution in [2.24, 2.45) is 0 Å². The first-order chi connectivity index (χ1) is 19.9. The number of benzene rings is 3. The lowest BCUT2D eigenvalue weighted by molar-refractivity contribution is -0.141. The zero-order chi connectivity index (χ0) is 30.9. The van der Waals surface area contributed by atoms with Gasteiger partial charge in [0.05, 0.1) is 11.9 Å². The van der Waals surface area contributed by atoms with Crippen LogP contribution in [0.5, 0.6) is 0 Å². The van der Waals surface area contributed by atoms with Crippen molar-refractivity contribution in [2.45, 2.75) is 58.2 Å². The molecule has 0 radical (unpaired) electrons.